The van der Waals surface area contributed by atoms with Gasteiger partial charge in [0.25, 0.3) is 0 Å². The molecule has 1 atom stereocenters. The lowest BCUT2D eigenvalue weighted by atomic mass is 9.91. The molecule has 0 amide bonds. The summed E-state index contributed by atoms with van der Waals surface area (Å²) in [6.45, 7) is 11.8. The van der Waals surface area contributed by atoms with Crippen molar-refractivity contribution in [2.75, 3.05) is 0 Å². The highest BCUT2D eigenvalue weighted by Crippen LogP contribution is 2.28. The fourth-order valence-corrected chi connectivity index (χ4v) is 2.78. The first-order valence-electron chi connectivity index (χ1n) is 9.05. The lowest BCUT2D eigenvalue weighted by Crippen LogP contribution is -2.15. The van der Waals surface area contributed by atoms with E-state index in [1.54, 1.807) is 17.1 Å². The first-order chi connectivity index (χ1) is 12.2. The Labute approximate surface area is 155 Å². The largest absolute Gasteiger partial charge is 0.461 e. The summed E-state index contributed by atoms with van der Waals surface area (Å²) in [7, 11) is 0. The van der Waals surface area contributed by atoms with E-state index in [9.17, 15) is 9.59 Å². The zero-order valence-corrected chi connectivity index (χ0v) is 16.4. The maximum atomic E-state index is 12.1. The number of hydrogen-bond donors (Lipinski definition) is 0. The van der Waals surface area contributed by atoms with Crippen LogP contribution in [0.3, 0.4) is 0 Å². The van der Waals surface area contributed by atoms with Gasteiger partial charge in [0, 0.05) is 18.0 Å². The molecule has 0 fully saturated rings. The molecular weight excluding hydrogens is 328 g/mol. The molecular formula is C21H28N2O3. The summed E-state index contributed by atoms with van der Waals surface area (Å²) in [5.74, 6) is -0.347. The van der Waals surface area contributed by atoms with Crippen LogP contribution in [-0.4, -0.2) is 21.4 Å². The molecule has 5 heteroatoms. The highest BCUT2D eigenvalue weighted by Gasteiger charge is 2.18. The van der Waals surface area contributed by atoms with E-state index in [4.69, 9.17) is 4.74 Å². The maximum Gasteiger partial charge on any atom is 0.308 e. The van der Waals surface area contributed by atoms with Gasteiger partial charge >= 0.3 is 5.97 Å². The van der Waals surface area contributed by atoms with Gasteiger partial charge < -0.3 is 4.74 Å². The third kappa shape index (κ3) is 4.40. The third-order valence-corrected chi connectivity index (χ3v) is 4.59. The highest BCUT2D eigenvalue weighted by molar-refractivity contribution is 5.80. The van der Waals surface area contributed by atoms with Gasteiger partial charge in [-0.15, -0.1) is 0 Å². The fraction of sp³-hybridized carbons (Fsp3) is 0.476. The molecule has 0 aliphatic heterocycles. The van der Waals surface area contributed by atoms with E-state index in [-0.39, 0.29) is 36.2 Å². The SMILES string of the molecule is Cc1c(COC(=O)C(C)C)cccc1[C@H](C)c1cn(C(=O)C(C)C)cn1. The lowest BCUT2D eigenvalue weighted by Gasteiger charge is -2.16. The second-order valence-corrected chi connectivity index (χ2v) is 7.31. The average molecular weight is 356 g/mol. The minimum Gasteiger partial charge on any atom is -0.461 e. The third-order valence-electron chi connectivity index (χ3n) is 4.59. The maximum absolute atomic E-state index is 12.1. The molecule has 0 N–H and O–H groups in total. The number of imidazole rings is 1. The fourth-order valence-electron chi connectivity index (χ4n) is 2.78. The van der Waals surface area contributed by atoms with Gasteiger partial charge in [-0.25, -0.2) is 4.98 Å². The van der Waals surface area contributed by atoms with E-state index in [1.165, 1.54) is 0 Å². The Kier molecular flexibility index (Phi) is 6.35. The standard InChI is InChI=1S/C21H28N2O3/c1-13(2)20(24)23-10-19(22-12-23)16(6)18-9-7-8-17(15(18)5)11-26-21(25)14(3)4/h7-10,12-14,16H,11H2,1-6H3/t16-/m0/s1. The normalized spacial score (nSPS) is 12.5. The van der Waals surface area contributed by atoms with Gasteiger partial charge in [-0.2, -0.15) is 0 Å². The quantitative estimate of drug-likeness (QED) is 0.723. The van der Waals surface area contributed by atoms with Crippen LogP contribution < -0.4 is 0 Å². The van der Waals surface area contributed by atoms with Crippen LogP contribution in [0.2, 0.25) is 0 Å². The van der Waals surface area contributed by atoms with Crippen molar-refractivity contribution in [3.8, 4) is 0 Å². The van der Waals surface area contributed by atoms with Crippen LogP contribution in [0, 0.1) is 18.8 Å². The molecule has 0 unspecified atom stereocenters. The predicted octanol–water partition coefficient (Wildman–Crippen LogP) is 4.34. The molecule has 1 aromatic carbocycles. The monoisotopic (exact) mass is 356 g/mol. The van der Waals surface area contributed by atoms with Crippen molar-refractivity contribution < 1.29 is 14.3 Å². The molecule has 0 aliphatic carbocycles. The van der Waals surface area contributed by atoms with Crippen LogP contribution in [0.25, 0.3) is 0 Å². The lowest BCUT2D eigenvalue weighted by molar-refractivity contribution is -0.148. The Bertz CT molecular complexity index is 790. The van der Waals surface area contributed by atoms with Gasteiger partial charge in [0.05, 0.1) is 11.6 Å². The average Bonchev–Trinajstić information content (AvgIpc) is 3.09. The van der Waals surface area contributed by atoms with E-state index < -0.39 is 0 Å². The van der Waals surface area contributed by atoms with Crippen molar-refractivity contribution in [3.05, 3.63) is 53.1 Å². The molecule has 1 heterocycles. The highest BCUT2D eigenvalue weighted by atomic mass is 16.5. The minimum atomic E-state index is -0.200. The second kappa shape index (κ2) is 8.30. The van der Waals surface area contributed by atoms with E-state index >= 15 is 0 Å². The van der Waals surface area contributed by atoms with E-state index in [1.807, 2.05) is 46.8 Å². The number of esters is 1. The van der Waals surface area contributed by atoms with Crippen LogP contribution in [0.15, 0.2) is 30.7 Å². The van der Waals surface area contributed by atoms with Crippen LogP contribution >= 0.6 is 0 Å². The molecule has 0 aliphatic rings. The molecule has 5 nitrogen and oxygen atoms in total. The summed E-state index contributed by atoms with van der Waals surface area (Å²) in [6, 6.07) is 5.99. The topological polar surface area (TPSA) is 61.2 Å². The van der Waals surface area contributed by atoms with Crippen molar-refractivity contribution in [1.29, 1.82) is 0 Å². The van der Waals surface area contributed by atoms with Crippen molar-refractivity contribution >= 4 is 11.9 Å². The van der Waals surface area contributed by atoms with Gasteiger partial charge in [-0.1, -0.05) is 52.8 Å². The first kappa shape index (κ1) is 19.9. The Morgan fingerprint density at radius 1 is 1.12 bits per heavy atom. The van der Waals surface area contributed by atoms with E-state index in [0.717, 1.165) is 22.4 Å². The van der Waals surface area contributed by atoms with E-state index in [2.05, 4.69) is 18.0 Å². The molecule has 0 spiro atoms. The van der Waals surface area contributed by atoms with Crippen LogP contribution in [-0.2, 0) is 16.1 Å². The second-order valence-electron chi connectivity index (χ2n) is 7.31. The number of rotatable bonds is 6. The van der Waals surface area contributed by atoms with Gasteiger partial charge in [0.1, 0.15) is 12.9 Å². The summed E-state index contributed by atoms with van der Waals surface area (Å²) in [6.07, 6.45) is 3.38. The van der Waals surface area contributed by atoms with Gasteiger partial charge in [-0.05, 0) is 23.6 Å². The number of ether oxygens (including phenoxy) is 1. The number of hydrogen-bond acceptors (Lipinski definition) is 4. The molecule has 0 saturated carbocycles. The molecule has 0 bridgehead atoms. The number of carbonyl (C=O) groups excluding carboxylic acids is 2. The predicted molar refractivity (Wildman–Crippen MR) is 101 cm³/mol. The Morgan fingerprint density at radius 2 is 1.81 bits per heavy atom. The molecule has 1 aromatic heterocycles. The van der Waals surface area contributed by atoms with E-state index in [0.29, 0.717) is 0 Å². The number of carbonyl (C=O) groups is 2. The summed E-state index contributed by atoms with van der Waals surface area (Å²) >= 11 is 0. The van der Waals surface area contributed by atoms with Crippen LogP contribution in [0.5, 0.6) is 0 Å². The summed E-state index contributed by atoms with van der Waals surface area (Å²) < 4.78 is 6.93. The Hall–Kier alpha value is -2.43. The molecule has 0 radical (unpaired) electrons. The smallest absolute Gasteiger partial charge is 0.308 e. The van der Waals surface area contributed by atoms with Crippen molar-refractivity contribution in [2.45, 2.75) is 54.1 Å². The molecule has 26 heavy (non-hydrogen) atoms. The molecule has 2 aromatic rings. The zero-order chi connectivity index (χ0) is 19.4. The zero-order valence-electron chi connectivity index (χ0n) is 16.4. The van der Waals surface area contributed by atoms with Gasteiger partial charge in [-0.3, -0.25) is 14.2 Å². The first-order valence-corrected chi connectivity index (χ1v) is 9.05. The Morgan fingerprint density at radius 3 is 2.42 bits per heavy atom. The number of nitrogens with zero attached hydrogens (tertiary/aromatic N) is 2. The summed E-state index contributed by atoms with van der Waals surface area (Å²) in [4.78, 5) is 28.3. The molecule has 2 rings (SSSR count). The van der Waals surface area contributed by atoms with Crippen molar-refractivity contribution in [2.24, 2.45) is 11.8 Å². The minimum absolute atomic E-state index is 0.0296. The summed E-state index contributed by atoms with van der Waals surface area (Å²) in [5.41, 5.74) is 4.03. The molecule has 140 valence electrons. The number of aromatic nitrogens is 2. The van der Waals surface area contributed by atoms with Crippen molar-refractivity contribution in [1.82, 2.24) is 9.55 Å². The summed E-state index contributed by atoms with van der Waals surface area (Å²) in [5, 5.41) is 0. The molecule has 0 saturated heterocycles. The Balaban J connectivity index is 2.22. The number of benzene rings is 1. The van der Waals surface area contributed by atoms with Crippen LogP contribution in [0.1, 0.15) is 67.7 Å². The van der Waals surface area contributed by atoms with Crippen molar-refractivity contribution in [3.63, 3.8) is 0 Å². The van der Waals surface area contributed by atoms with Gasteiger partial charge in [0.2, 0.25) is 5.91 Å². The van der Waals surface area contributed by atoms with Gasteiger partial charge in [0.15, 0.2) is 0 Å². The van der Waals surface area contributed by atoms with Crippen LogP contribution in [0.4, 0.5) is 0 Å².